The molecule has 14 heteroatoms. The van der Waals surface area contributed by atoms with Crippen molar-refractivity contribution in [3.63, 3.8) is 0 Å². The molecule has 0 aliphatic carbocycles. The molecule has 1 fully saturated rings. The van der Waals surface area contributed by atoms with Crippen LogP contribution in [0.2, 0.25) is 0 Å². The zero-order valence-corrected chi connectivity index (χ0v) is 19.7. The minimum Gasteiger partial charge on any atom is -0.481 e. The summed E-state index contributed by atoms with van der Waals surface area (Å²) in [5, 5.41) is 11.4. The number of benzene rings is 1. The second kappa shape index (κ2) is 13.3. The third-order valence-corrected chi connectivity index (χ3v) is 5.35. The number of carboxylic acid groups (broad SMARTS) is 1. The van der Waals surface area contributed by atoms with Crippen molar-refractivity contribution < 1.29 is 46.6 Å². The van der Waals surface area contributed by atoms with E-state index in [0.29, 0.717) is 0 Å². The molecule has 200 valence electrons. The van der Waals surface area contributed by atoms with Crippen LogP contribution in [0.15, 0.2) is 28.3 Å². The van der Waals surface area contributed by atoms with Gasteiger partial charge in [0.25, 0.3) is 5.91 Å². The van der Waals surface area contributed by atoms with Gasteiger partial charge in [-0.3, -0.25) is 19.2 Å². The van der Waals surface area contributed by atoms with Gasteiger partial charge in [-0.25, -0.2) is 18.8 Å². The number of nitrogens with zero attached hydrogens (tertiary/aromatic N) is 3. The molecule has 2 rings (SSSR count). The van der Waals surface area contributed by atoms with Crippen molar-refractivity contribution in [3.8, 4) is 5.75 Å². The van der Waals surface area contributed by atoms with Crippen LogP contribution in [0.5, 0.6) is 5.75 Å². The van der Waals surface area contributed by atoms with Crippen molar-refractivity contribution in [2.45, 2.75) is 32.2 Å². The van der Waals surface area contributed by atoms with Crippen LogP contribution in [-0.2, 0) is 19.2 Å². The highest BCUT2D eigenvalue weighted by Crippen LogP contribution is 2.26. The van der Waals surface area contributed by atoms with Gasteiger partial charge in [0.05, 0.1) is 6.42 Å². The average Bonchev–Trinajstić information content (AvgIpc) is 2.87. The fourth-order valence-corrected chi connectivity index (χ4v) is 3.43. The molecule has 2 N–H and O–H groups in total. The van der Waals surface area contributed by atoms with Crippen LogP contribution >= 0.6 is 0 Å². The minimum atomic E-state index is -1.88. The summed E-state index contributed by atoms with van der Waals surface area (Å²) in [7, 11) is 0. The molecule has 1 atom stereocenters. The van der Waals surface area contributed by atoms with E-state index in [1.54, 1.807) is 13.0 Å². The Bertz CT molecular complexity index is 1110. The summed E-state index contributed by atoms with van der Waals surface area (Å²) in [5.74, 6) is -13.3. The molecule has 10 nitrogen and oxygen atoms in total. The summed E-state index contributed by atoms with van der Waals surface area (Å²) in [6.45, 7) is 4.12. The molecule has 0 radical (unpaired) electrons. The van der Waals surface area contributed by atoms with Gasteiger partial charge in [0.2, 0.25) is 23.4 Å². The second-order valence-corrected chi connectivity index (χ2v) is 7.87. The summed E-state index contributed by atoms with van der Waals surface area (Å²) in [5.41, 5.74) is 0. The Kier molecular flexibility index (Phi) is 10.5. The number of carboxylic acids is 1. The number of aliphatic imine (C=N–C) groups is 2. The largest absolute Gasteiger partial charge is 0.481 e. The maximum Gasteiger partial charge on any atom is 0.305 e. The number of Topliss-reactive ketones (excluding diaryl/α,β-unsaturated/α-hetero) is 1. The number of amidine groups is 1. The lowest BCUT2D eigenvalue weighted by Crippen LogP contribution is -2.49. The molecule has 0 bridgehead atoms. The number of hydrogen-bond acceptors (Lipinski definition) is 6. The van der Waals surface area contributed by atoms with Crippen LogP contribution in [0.3, 0.4) is 0 Å². The van der Waals surface area contributed by atoms with E-state index in [2.05, 4.69) is 26.8 Å². The van der Waals surface area contributed by atoms with Gasteiger partial charge < -0.3 is 20.1 Å². The average molecular weight is 528 g/mol. The van der Waals surface area contributed by atoms with Crippen molar-refractivity contribution in [1.29, 1.82) is 0 Å². The quantitative estimate of drug-likeness (QED) is 0.218. The summed E-state index contributed by atoms with van der Waals surface area (Å²) in [6, 6.07) is -1.70. The molecule has 1 saturated heterocycles. The van der Waals surface area contributed by atoms with Crippen molar-refractivity contribution in [1.82, 2.24) is 10.2 Å². The van der Waals surface area contributed by atoms with Crippen LogP contribution in [0.25, 0.3) is 0 Å². The van der Waals surface area contributed by atoms with E-state index in [1.807, 2.05) is 0 Å². The first-order chi connectivity index (χ1) is 17.5. The van der Waals surface area contributed by atoms with Crippen LogP contribution in [-0.4, -0.2) is 71.9 Å². The topological polar surface area (TPSA) is 138 Å². The lowest BCUT2D eigenvalue weighted by atomic mass is 9.95. The molecule has 1 aliphatic heterocycles. The van der Waals surface area contributed by atoms with E-state index < -0.39 is 77.6 Å². The number of rotatable bonds is 9. The number of likely N-dealkylation sites (tertiary alicyclic amines) is 1. The molecule has 37 heavy (non-hydrogen) atoms. The van der Waals surface area contributed by atoms with E-state index in [9.17, 15) is 36.7 Å². The van der Waals surface area contributed by atoms with E-state index >= 15 is 0 Å². The molecule has 1 aliphatic rings. The number of ether oxygens (including phenoxy) is 1. The first kappa shape index (κ1) is 29.1. The maximum atomic E-state index is 13.7. The lowest BCUT2D eigenvalue weighted by Gasteiger charge is -2.31. The Morgan fingerprint density at radius 2 is 1.78 bits per heavy atom. The van der Waals surface area contributed by atoms with Gasteiger partial charge in [-0.15, -0.1) is 0 Å². The minimum absolute atomic E-state index is 0.0462. The number of halogens is 4. The van der Waals surface area contributed by atoms with E-state index in [-0.39, 0.29) is 37.8 Å². The Morgan fingerprint density at radius 1 is 1.19 bits per heavy atom. The molecular formula is C23H24F4N4O6. The number of carbonyl (C=O) groups is 4. The molecule has 2 amide bonds. The van der Waals surface area contributed by atoms with Crippen LogP contribution < -0.4 is 10.1 Å². The SMILES string of the molecule is C=NC(=N/C=C\C)C(=O)N1CCC(C(=O)N[C@@H](CC(=O)O)C(=O)COc2c(F)c(F)cc(F)c2F)CC1. The van der Waals surface area contributed by atoms with Gasteiger partial charge in [0.1, 0.15) is 12.6 Å². The summed E-state index contributed by atoms with van der Waals surface area (Å²) in [4.78, 5) is 57.7. The number of piperidine rings is 1. The maximum absolute atomic E-state index is 13.7. The number of hydrogen-bond donors (Lipinski definition) is 2. The summed E-state index contributed by atoms with van der Waals surface area (Å²) >= 11 is 0. The third-order valence-electron chi connectivity index (χ3n) is 5.35. The third kappa shape index (κ3) is 7.69. The van der Waals surface area contributed by atoms with E-state index in [1.165, 1.54) is 11.1 Å². The highest BCUT2D eigenvalue weighted by atomic mass is 19.2. The van der Waals surface area contributed by atoms with E-state index in [4.69, 9.17) is 5.11 Å². The molecule has 0 spiro atoms. The fourth-order valence-electron chi connectivity index (χ4n) is 3.43. The van der Waals surface area contributed by atoms with Crippen molar-refractivity contribution >= 4 is 36.1 Å². The zero-order valence-electron chi connectivity index (χ0n) is 19.7. The van der Waals surface area contributed by atoms with Crippen molar-refractivity contribution in [3.05, 3.63) is 41.6 Å². The van der Waals surface area contributed by atoms with Crippen LogP contribution in [0, 0.1) is 29.2 Å². The number of amides is 2. The van der Waals surface area contributed by atoms with Crippen LogP contribution in [0.4, 0.5) is 17.6 Å². The highest BCUT2D eigenvalue weighted by Gasteiger charge is 2.32. The van der Waals surface area contributed by atoms with Gasteiger partial charge in [0, 0.05) is 31.3 Å². The number of aliphatic carboxylic acids is 1. The lowest BCUT2D eigenvalue weighted by molar-refractivity contribution is -0.141. The Morgan fingerprint density at radius 3 is 2.30 bits per heavy atom. The van der Waals surface area contributed by atoms with Crippen molar-refractivity contribution in [2.24, 2.45) is 15.9 Å². The van der Waals surface area contributed by atoms with E-state index in [0.717, 1.165) is 0 Å². The smallest absolute Gasteiger partial charge is 0.305 e. The van der Waals surface area contributed by atoms with Gasteiger partial charge in [0.15, 0.2) is 23.2 Å². The second-order valence-electron chi connectivity index (χ2n) is 7.87. The van der Waals surface area contributed by atoms with Gasteiger partial charge in [-0.1, -0.05) is 6.08 Å². The number of carbonyl (C=O) groups excluding carboxylic acids is 3. The normalized spacial score (nSPS) is 15.4. The predicted molar refractivity (Wildman–Crippen MR) is 122 cm³/mol. The molecule has 0 aromatic heterocycles. The monoisotopic (exact) mass is 528 g/mol. The Hall–Kier alpha value is -4.10. The molecule has 1 heterocycles. The molecule has 0 unspecified atom stereocenters. The molecule has 0 saturated carbocycles. The van der Waals surface area contributed by atoms with Crippen LogP contribution in [0.1, 0.15) is 26.2 Å². The Labute approximate surface area is 208 Å². The highest BCUT2D eigenvalue weighted by molar-refractivity contribution is 6.39. The summed E-state index contributed by atoms with van der Waals surface area (Å²) in [6.07, 6.45) is 2.44. The molecule has 1 aromatic carbocycles. The van der Waals surface area contributed by atoms with Crippen molar-refractivity contribution in [2.75, 3.05) is 19.7 Å². The molecular weight excluding hydrogens is 504 g/mol. The number of nitrogens with one attached hydrogen (secondary N) is 1. The first-order valence-corrected chi connectivity index (χ1v) is 11.0. The summed E-state index contributed by atoms with van der Waals surface area (Å²) < 4.78 is 58.7. The van der Waals surface area contributed by atoms with Gasteiger partial charge >= 0.3 is 5.97 Å². The first-order valence-electron chi connectivity index (χ1n) is 11.0. The van der Waals surface area contributed by atoms with Gasteiger partial charge in [-0.05, 0) is 26.5 Å². The fraction of sp³-hybridized carbons (Fsp3) is 0.391. The molecule has 1 aromatic rings. The standard InChI is InChI=1S/C23H24F4N4O6/c1-3-6-29-21(28-2)23(36)31-7-4-12(5-8-31)22(35)30-15(10-17(33)34)16(32)11-37-20-18(26)13(24)9-14(25)19(20)27/h3,6,9,12,15H,2,4-5,7-8,10-11H2,1H3,(H,30,35)(H,33,34)/b6-3-,29-21?/t15-/m0/s1. The van der Waals surface area contributed by atoms with Gasteiger partial charge in [-0.2, -0.15) is 8.78 Å². The number of allylic oxidation sites excluding steroid dienone is 1. The predicted octanol–water partition coefficient (Wildman–Crippen LogP) is 2.02. The Balaban J connectivity index is 2.02. The number of ketones is 1. The zero-order chi connectivity index (χ0) is 27.7.